The van der Waals surface area contributed by atoms with Gasteiger partial charge < -0.3 is 0 Å². The van der Waals surface area contributed by atoms with Gasteiger partial charge in [-0.2, -0.15) is 0 Å². The molecule has 0 saturated carbocycles. The molecule has 2 aliphatic carbocycles. The average molecular weight is 563 g/mol. The molecule has 2 aliphatic rings. The van der Waals surface area contributed by atoms with Crippen LogP contribution in [-0.4, -0.2) is 9.97 Å². The van der Waals surface area contributed by atoms with Crippen LogP contribution in [0.1, 0.15) is 34.7 Å². The van der Waals surface area contributed by atoms with Crippen LogP contribution in [-0.2, 0) is 18.3 Å². The topological polar surface area (TPSA) is 25.8 Å². The van der Waals surface area contributed by atoms with E-state index in [1.54, 1.807) is 0 Å². The minimum absolute atomic E-state index is 0.273. The summed E-state index contributed by atoms with van der Waals surface area (Å²) < 4.78 is 0. The maximum atomic E-state index is 5.48. The van der Waals surface area contributed by atoms with Gasteiger partial charge in [-0.1, -0.05) is 133 Å². The molecule has 2 heteroatoms. The number of benzene rings is 6. The van der Waals surface area contributed by atoms with Crippen LogP contribution < -0.4 is 0 Å². The molecule has 0 saturated heterocycles. The molecule has 0 fully saturated rings. The Labute approximate surface area is 257 Å². The largest absolute Gasteiger partial charge is 0.228 e. The normalized spacial score (nSPS) is 16.2. The second-order valence-corrected chi connectivity index (χ2v) is 12.2. The minimum Gasteiger partial charge on any atom is -0.228 e. The van der Waals surface area contributed by atoms with Crippen LogP contribution in [0.15, 0.2) is 140 Å². The van der Waals surface area contributed by atoms with Gasteiger partial charge in [0, 0.05) is 21.9 Å². The molecule has 2 nitrogen and oxygen atoms in total. The molecular formula is C42H30N2. The molecule has 6 aromatic carbocycles. The quantitative estimate of drug-likeness (QED) is 0.214. The maximum absolute atomic E-state index is 5.48. The number of hydrogen-bond donors (Lipinski definition) is 0. The molecule has 0 aliphatic heterocycles. The predicted molar refractivity (Wildman–Crippen MR) is 181 cm³/mol. The molecule has 0 radical (unpaired) electrons. The van der Waals surface area contributed by atoms with Gasteiger partial charge in [-0.3, -0.25) is 0 Å². The molecule has 0 bridgehead atoms. The number of rotatable bonds is 3. The Morgan fingerprint density at radius 2 is 1.11 bits per heavy atom. The molecule has 208 valence electrons. The minimum atomic E-state index is -0.273. The molecule has 9 rings (SSSR count). The van der Waals surface area contributed by atoms with Crippen LogP contribution in [0.25, 0.3) is 55.8 Å². The van der Waals surface area contributed by atoms with Crippen LogP contribution >= 0.6 is 0 Å². The van der Waals surface area contributed by atoms with Crippen molar-refractivity contribution in [2.24, 2.45) is 0 Å². The zero-order valence-electron chi connectivity index (χ0n) is 24.6. The highest BCUT2D eigenvalue weighted by molar-refractivity contribution is 6.00. The summed E-state index contributed by atoms with van der Waals surface area (Å²) >= 11 is 0. The van der Waals surface area contributed by atoms with Crippen molar-refractivity contribution in [1.29, 1.82) is 0 Å². The van der Waals surface area contributed by atoms with Gasteiger partial charge in [0.25, 0.3) is 0 Å². The zero-order valence-corrected chi connectivity index (χ0v) is 24.6. The summed E-state index contributed by atoms with van der Waals surface area (Å²) in [6, 6.07) is 50.4. The van der Waals surface area contributed by atoms with Crippen molar-refractivity contribution >= 4 is 10.9 Å². The SMILES string of the molecule is CC1(c2ccccc2)c2ccccc2-c2c(-c3nc(-c4cccc5c4-c4ccccc4CC5)c4ccccc4n3)cccc21. The molecular weight excluding hydrogens is 532 g/mol. The van der Waals surface area contributed by atoms with Crippen molar-refractivity contribution in [1.82, 2.24) is 9.97 Å². The molecule has 7 aromatic rings. The highest BCUT2D eigenvalue weighted by Crippen LogP contribution is 2.55. The smallest absolute Gasteiger partial charge is 0.161 e. The Balaban J connectivity index is 1.33. The molecule has 0 spiro atoms. The number of fused-ring (bicyclic) bond motifs is 7. The molecule has 44 heavy (non-hydrogen) atoms. The van der Waals surface area contributed by atoms with Crippen LogP contribution in [0.5, 0.6) is 0 Å². The van der Waals surface area contributed by atoms with Crippen molar-refractivity contribution in [3.63, 3.8) is 0 Å². The Hall–Kier alpha value is -5.34. The number of hydrogen-bond acceptors (Lipinski definition) is 2. The fraction of sp³-hybridized carbons (Fsp3) is 0.0952. The molecule has 1 unspecified atom stereocenters. The van der Waals surface area contributed by atoms with Crippen molar-refractivity contribution in [2.75, 3.05) is 0 Å². The third-order valence-corrected chi connectivity index (χ3v) is 9.89. The average Bonchev–Trinajstić information content (AvgIpc) is 3.37. The first kappa shape index (κ1) is 25.2. The Morgan fingerprint density at radius 3 is 2.02 bits per heavy atom. The molecule has 1 atom stereocenters. The van der Waals surface area contributed by atoms with E-state index >= 15 is 0 Å². The summed E-state index contributed by atoms with van der Waals surface area (Å²) in [6.45, 7) is 2.36. The zero-order chi connectivity index (χ0) is 29.3. The predicted octanol–water partition coefficient (Wildman–Crippen LogP) is 10.1. The first-order valence-corrected chi connectivity index (χ1v) is 15.5. The number of aryl methyl sites for hydroxylation is 2. The van der Waals surface area contributed by atoms with E-state index in [1.807, 2.05) is 0 Å². The van der Waals surface area contributed by atoms with E-state index < -0.39 is 0 Å². The summed E-state index contributed by atoms with van der Waals surface area (Å²) in [7, 11) is 0. The van der Waals surface area contributed by atoms with Crippen molar-refractivity contribution in [3.8, 4) is 44.9 Å². The summed E-state index contributed by atoms with van der Waals surface area (Å²) in [5.41, 5.74) is 15.8. The van der Waals surface area contributed by atoms with Gasteiger partial charge in [-0.25, -0.2) is 9.97 Å². The molecule has 1 aromatic heterocycles. The Bertz CT molecular complexity index is 2250. The van der Waals surface area contributed by atoms with Crippen molar-refractivity contribution < 1.29 is 0 Å². The highest BCUT2D eigenvalue weighted by atomic mass is 14.9. The van der Waals surface area contributed by atoms with Crippen LogP contribution in [0.4, 0.5) is 0 Å². The first-order valence-electron chi connectivity index (χ1n) is 15.5. The maximum Gasteiger partial charge on any atom is 0.161 e. The lowest BCUT2D eigenvalue weighted by Crippen LogP contribution is -2.22. The molecule has 1 heterocycles. The van der Waals surface area contributed by atoms with E-state index in [9.17, 15) is 0 Å². The van der Waals surface area contributed by atoms with Crippen molar-refractivity contribution in [2.45, 2.75) is 25.2 Å². The van der Waals surface area contributed by atoms with E-state index in [1.165, 1.54) is 55.6 Å². The number of nitrogens with zero attached hydrogens (tertiary/aromatic N) is 2. The second kappa shape index (κ2) is 9.59. The fourth-order valence-electron chi connectivity index (χ4n) is 7.79. The third kappa shape index (κ3) is 3.55. The number of para-hydroxylation sites is 1. The Kier molecular flexibility index (Phi) is 5.49. The van der Waals surface area contributed by atoms with Gasteiger partial charge in [-0.05, 0) is 75.9 Å². The number of aromatic nitrogens is 2. The van der Waals surface area contributed by atoms with Gasteiger partial charge in [0.2, 0.25) is 0 Å². The van der Waals surface area contributed by atoms with E-state index in [2.05, 4.69) is 146 Å². The molecule has 0 amide bonds. The Morgan fingerprint density at radius 1 is 0.477 bits per heavy atom. The van der Waals surface area contributed by atoms with E-state index in [0.29, 0.717) is 0 Å². The lowest BCUT2D eigenvalue weighted by molar-refractivity contribution is 0.714. The lowest BCUT2D eigenvalue weighted by atomic mass is 9.74. The summed E-state index contributed by atoms with van der Waals surface area (Å²) in [5, 5.41) is 1.08. The summed E-state index contributed by atoms with van der Waals surface area (Å²) in [4.78, 5) is 10.7. The van der Waals surface area contributed by atoms with Crippen LogP contribution in [0.3, 0.4) is 0 Å². The van der Waals surface area contributed by atoms with Gasteiger partial charge in [0.1, 0.15) is 0 Å². The highest BCUT2D eigenvalue weighted by Gasteiger charge is 2.42. The summed E-state index contributed by atoms with van der Waals surface area (Å²) in [5.74, 6) is 0.768. The van der Waals surface area contributed by atoms with Crippen LogP contribution in [0, 0.1) is 0 Å². The summed E-state index contributed by atoms with van der Waals surface area (Å²) in [6.07, 6.45) is 2.11. The van der Waals surface area contributed by atoms with E-state index in [0.717, 1.165) is 40.8 Å². The van der Waals surface area contributed by atoms with Gasteiger partial charge in [0.15, 0.2) is 5.82 Å². The van der Waals surface area contributed by atoms with Gasteiger partial charge in [-0.15, -0.1) is 0 Å². The van der Waals surface area contributed by atoms with Gasteiger partial charge >= 0.3 is 0 Å². The lowest BCUT2D eigenvalue weighted by Gasteiger charge is -2.28. The van der Waals surface area contributed by atoms with Crippen molar-refractivity contribution in [3.05, 3.63) is 167 Å². The van der Waals surface area contributed by atoms with E-state index in [4.69, 9.17) is 9.97 Å². The first-order chi connectivity index (χ1) is 21.7. The standard InChI is InChI=1S/C42H30N2/c1-42(29-15-3-2-4-16-29)35-22-9-7-18-31(35)39-34(21-12-23-36(39)42)41-43-37-24-10-8-19-32(37)40(44-41)33-20-11-14-28-26-25-27-13-5-6-17-30(27)38(28)33/h2-24H,25-26H2,1H3. The van der Waals surface area contributed by atoms with E-state index in [-0.39, 0.29) is 5.41 Å². The third-order valence-electron chi connectivity index (χ3n) is 9.89. The monoisotopic (exact) mass is 562 g/mol. The van der Waals surface area contributed by atoms with Crippen LogP contribution in [0.2, 0.25) is 0 Å². The second-order valence-electron chi connectivity index (χ2n) is 12.2. The molecule has 0 N–H and O–H groups in total. The van der Waals surface area contributed by atoms with Gasteiger partial charge in [0.05, 0.1) is 11.2 Å². The fourth-order valence-corrected chi connectivity index (χ4v) is 7.79.